The molecular weight excluding hydrogens is 737 g/mol. The molecule has 0 radical (unpaired) electrons. The van der Waals surface area contributed by atoms with Crippen LogP contribution in [0, 0.1) is 0 Å². The van der Waals surface area contributed by atoms with Gasteiger partial charge >= 0.3 is 26.4 Å². The summed E-state index contributed by atoms with van der Waals surface area (Å²) in [5, 5.41) is 0. The molecule has 1 saturated heterocycles. The Labute approximate surface area is 312 Å². The first kappa shape index (κ1) is 44.2. The SMILES string of the molecule is CCOCCOc1ccccc1CCC[Si](C)(C)O[Si](C)(C)O[Si](C)(OC)O[Si](OC)(OC)O[Si](C)(C)CCCc1ccccc1OCC1CO1. The van der Waals surface area contributed by atoms with Gasteiger partial charge in [-0.3, -0.25) is 0 Å². The molecule has 1 fully saturated rings. The van der Waals surface area contributed by atoms with Gasteiger partial charge in [-0.2, -0.15) is 0 Å². The van der Waals surface area contributed by atoms with Gasteiger partial charge in [-0.05, 0) is 107 Å². The van der Waals surface area contributed by atoms with Crippen LogP contribution in [0.4, 0.5) is 0 Å². The van der Waals surface area contributed by atoms with E-state index in [1.807, 2.05) is 43.8 Å². The third-order valence-corrected chi connectivity index (χ3v) is 26.6. The van der Waals surface area contributed by atoms with Gasteiger partial charge in [-0.1, -0.05) is 36.4 Å². The zero-order valence-electron chi connectivity index (χ0n) is 33.0. The average Bonchev–Trinajstić information content (AvgIpc) is 3.90. The lowest BCUT2D eigenvalue weighted by Gasteiger charge is -2.41. The average molecular weight is 801 g/mol. The number of ether oxygens (including phenoxy) is 4. The van der Waals surface area contributed by atoms with Crippen LogP contribution in [0.1, 0.15) is 30.9 Å². The molecule has 0 spiro atoms. The first-order valence-corrected chi connectivity index (χ1v) is 31.1. The molecule has 16 heteroatoms. The van der Waals surface area contributed by atoms with E-state index in [2.05, 4.69) is 57.5 Å². The van der Waals surface area contributed by atoms with Crippen molar-refractivity contribution in [3.05, 3.63) is 59.7 Å². The largest absolute Gasteiger partial charge is 0.661 e. The Bertz CT molecular complexity index is 1310. The van der Waals surface area contributed by atoms with Gasteiger partial charge in [0.05, 0.1) is 13.2 Å². The van der Waals surface area contributed by atoms with Crippen LogP contribution in [0.25, 0.3) is 0 Å². The van der Waals surface area contributed by atoms with Crippen molar-refractivity contribution in [1.82, 2.24) is 0 Å². The molecular formula is C35H64O11Si5. The monoisotopic (exact) mass is 800 g/mol. The molecule has 1 aliphatic rings. The highest BCUT2D eigenvalue weighted by Crippen LogP contribution is 2.31. The van der Waals surface area contributed by atoms with Gasteiger partial charge in [0.2, 0.25) is 0 Å². The lowest BCUT2D eigenvalue weighted by molar-refractivity contribution is 0.0441. The summed E-state index contributed by atoms with van der Waals surface area (Å²) >= 11 is 0. The van der Waals surface area contributed by atoms with Crippen molar-refractivity contribution in [2.75, 3.05) is 54.4 Å². The topological polar surface area (TPSA) is 105 Å². The highest BCUT2D eigenvalue weighted by Gasteiger charge is 2.57. The molecule has 0 bridgehead atoms. The highest BCUT2D eigenvalue weighted by molar-refractivity contribution is 6.87. The summed E-state index contributed by atoms with van der Waals surface area (Å²) in [5.41, 5.74) is 2.38. The number of aryl methyl sites for hydroxylation is 2. The summed E-state index contributed by atoms with van der Waals surface area (Å²) in [4.78, 5) is 0. The second kappa shape index (κ2) is 20.4. The Morgan fingerprint density at radius 1 is 0.647 bits per heavy atom. The molecule has 1 heterocycles. The summed E-state index contributed by atoms with van der Waals surface area (Å²) in [6.45, 7) is 19.9. The number of epoxide rings is 1. The van der Waals surface area contributed by atoms with Crippen molar-refractivity contribution >= 4 is 43.0 Å². The van der Waals surface area contributed by atoms with Gasteiger partial charge in [-0.15, -0.1) is 0 Å². The maximum atomic E-state index is 6.87. The molecule has 2 aromatic rings. The first-order valence-electron chi connectivity index (χ1n) is 18.1. The molecule has 11 nitrogen and oxygen atoms in total. The fraction of sp³-hybridized carbons (Fsp3) is 0.657. The van der Waals surface area contributed by atoms with E-state index in [9.17, 15) is 0 Å². The number of rotatable bonds is 27. The maximum Gasteiger partial charge on any atom is 0.661 e. The van der Waals surface area contributed by atoms with Crippen LogP contribution in [0.5, 0.6) is 11.5 Å². The summed E-state index contributed by atoms with van der Waals surface area (Å²) in [6.07, 6.45) is 3.90. The minimum absolute atomic E-state index is 0.216. The van der Waals surface area contributed by atoms with Crippen LogP contribution >= 0.6 is 0 Å². The van der Waals surface area contributed by atoms with Crippen molar-refractivity contribution in [2.45, 2.75) is 96.6 Å². The number of para-hydroxylation sites is 2. The van der Waals surface area contributed by atoms with E-state index in [4.69, 9.17) is 48.7 Å². The lowest BCUT2D eigenvalue weighted by Crippen LogP contribution is -2.64. The van der Waals surface area contributed by atoms with Gasteiger partial charge < -0.3 is 48.7 Å². The molecule has 0 aromatic heterocycles. The molecule has 0 aliphatic carbocycles. The molecule has 51 heavy (non-hydrogen) atoms. The van der Waals surface area contributed by atoms with Crippen molar-refractivity contribution in [2.24, 2.45) is 0 Å². The summed E-state index contributed by atoms with van der Waals surface area (Å²) in [7, 11) is -9.44. The summed E-state index contributed by atoms with van der Waals surface area (Å²) < 4.78 is 67.6. The van der Waals surface area contributed by atoms with E-state index < -0.39 is 43.0 Å². The van der Waals surface area contributed by atoms with Crippen LogP contribution in [-0.4, -0.2) is 104 Å². The molecule has 2 atom stereocenters. The van der Waals surface area contributed by atoms with E-state index in [-0.39, 0.29) is 6.10 Å². The Balaban J connectivity index is 1.56. The zero-order valence-corrected chi connectivity index (χ0v) is 38.0. The lowest BCUT2D eigenvalue weighted by atomic mass is 10.1. The molecule has 290 valence electrons. The molecule has 1 aliphatic heterocycles. The summed E-state index contributed by atoms with van der Waals surface area (Å²) in [6, 6.07) is 18.3. The van der Waals surface area contributed by atoms with E-state index in [0.717, 1.165) is 55.9 Å². The molecule has 0 N–H and O–H groups in total. The normalized spacial score (nSPS) is 16.6. The van der Waals surface area contributed by atoms with E-state index >= 15 is 0 Å². The Hall–Kier alpha value is -1.24. The minimum atomic E-state index is -3.64. The fourth-order valence-electron chi connectivity index (χ4n) is 5.99. The van der Waals surface area contributed by atoms with Crippen molar-refractivity contribution < 1.29 is 48.7 Å². The Kier molecular flexibility index (Phi) is 17.7. The van der Waals surface area contributed by atoms with Crippen LogP contribution in [-0.2, 0) is 52.1 Å². The quantitative estimate of drug-likeness (QED) is 0.0508. The molecule has 3 rings (SSSR count). The fourth-order valence-corrected chi connectivity index (χ4v) is 26.1. The van der Waals surface area contributed by atoms with E-state index in [0.29, 0.717) is 26.4 Å². The predicted molar refractivity (Wildman–Crippen MR) is 212 cm³/mol. The van der Waals surface area contributed by atoms with Gasteiger partial charge in [0.1, 0.15) is 30.8 Å². The van der Waals surface area contributed by atoms with Crippen LogP contribution in [0.3, 0.4) is 0 Å². The van der Waals surface area contributed by atoms with Crippen molar-refractivity contribution in [3.8, 4) is 11.5 Å². The second-order valence-electron chi connectivity index (χ2n) is 14.5. The number of hydrogen-bond acceptors (Lipinski definition) is 11. The molecule has 0 saturated carbocycles. The number of benzene rings is 2. The first-order chi connectivity index (χ1) is 24.1. The van der Waals surface area contributed by atoms with Gasteiger partial charge in [0.15, 0.2) is 16.6 Å². The smallest absolute Gasteiger partial charge is 0.491 e. The Morgan fingerprint density at radius 3 is 1.69 bits per heavy atom. The second-order valence-corrected chi connectivity index (χ2v) is 32.6. The third kappa shape index (κ3) is 16.0. The van der Waals surface area contributed by atoms with Crippen LogP contribution < -0.4 is 9.47 Å². The van der Waals surface area contributed by atoms with Crippen molar-refractivity contribution in [1.29, 1.82) is 0 Å². The third-order valence-electron chi connectivity index (χ3n) is 8.45. The zero-order chi connectivity index (χ0) is 37.6. The standard InChI is InChI=1S/C35H64O11Si5/c1-12-39-25-26-40-34-23-15-13-19-31(34)21-17-27-47(5,6)43-49(9,10)45-50(11,36-2)46-51(37-3,38-4)44-48(7,8)28-18-22-32-20-14-16-24-35(32)42-30-33-29-41-33/h13-16,19-20,23-24,33H,12,17-18,21-22,25-30H2,1-11H3. The highest BCUT2D eigenvalue weighted by atomic mass is 28.5. The van der Waals surface area contributed by atoms with Gasteiger partial charge in [0, 0.05) is 34.5 Å². The predicted octanol–water partition coefficient (Wildman–Crippen LogP) is 7.57. The van der Waals surface area contributed by atoms with Gasteiger partial charge in [0.25, 0.3) is 0 Å². The minimum Gasteiger partial charge on any atom is -0.491 e. The van der Waals surface area contributed by atoms with E-state index in [1.54, 1.807) is 21.3 Å². The Morgan fingerprint density at radius 2 is 1.18 bits per heavy atom. The number of hydrogen-bond donors (Lipinski definition) is 0. The van der Waals surface area contributed by atoms with Crippen LogP contribution in [0.15, 0.2) is 48.5 Å². The van der Waals surface area contributed by atoms with Crippen molar-refractivity contribution in [3.63, 3.8) is 0 Å². The maximum absolute atomic E-state index is 6.87. The molecule has 2 unspecified atom stereocenters. The summed E-state index contributed by atoms with van der Waals surface area (Å²) in [5.74, 6) is 1.83. The van der Waals surface area contributed by atoms with Crippen LogP contribution in [0.2, 0.25) is 57.9 Å². The molecule has 0 amide bonds. The molecule has 2 aromatic carbocycles. The van der Waals surface area contributed by atoms with Gasteiger partial charge in [-0.25, -0.2) is 0 Å². The van der Waals surface area contributed by atoms with E-state index in [1.165, 1.54) is 11.1 Å².